The molecule has 134 valence electrons. The van der Waals surface area contributed by atoms with Crippen LogP contribution in [-0.2, 0) is 12.8 Å². The Kier molecular flexibility index (Phi) is 3.83. The van der Waals surface area contributed by atoms with Gasteiger partial charge in [-0.3, -0.25) is 4.40 Å². The van der Waals surface area contributed by atoms with Crippen LogP contribution in [0.3, 0.4) is 0 Å². The highest BCUT2D eigenvalue weighted by molar-refractivity contribution is 7.15. The summed E-state index contributed by atoms with van der Waals surface area (Å²) in [5.74, 6) is -0.959. The summed E-state index contributed by atoms with van der Waals surface area (Å²) in [6.07, 6.45) is 4.71. The number of fused-ring (bicyclic) bond motifs is 2. The minimum Gasteiger partial charge on any atom is -0.476 e. The van der Waals surface area contributed by atoms with Gasteiger partial charge in [-0.25, -0.2) is 9.78 Å². The first-order valence-electron chi connectivity index (χ1n) is 9.13. The molecule has 0 unspecified atom stereocenters. The predicted molar refractivity (Wildman–Crippen MR) is 108 cm³/mol. The van der Waals surface area contributed by atoms with Crippen LogP contribution in [-0.4, -0.2) is 20.5 Å². The van der Waals surface area contributed by atoms with Gasteiger partial charge in [0.25, 0.3) is 0 Å². The molecule has 0 saturated carbocycles. The first kappa shape index (κ1) is 16.3. The van der Waals surface area contributed by atoms with E-state index < -0.39 is 5.97 Å². The highest BCUT2D eigenvalue weighted by atomic mass is 32.1. The highest BCUT2D eigenvalue weighted by Gasteiger charge is 2.24. The number of rotatable bonds is 3. The zero-order chi connectivity index (χ0) is 18.4. The Hall–Kier alpha value is -2.92. The molecule has 2 heterocycles. The van der Waals surface area contributed by atoms with Gasteiger partial charge in [-0.15, -0.1) is 11.3 Å². The Labute approximate surface area is 160 Å². The first-order valence-corrected chi connectivity index (χ1v) is 10.0. The summed E-state index contributed by atoms with van der Waals surface area (Å²) in [7, 11) is 0. The van der Waals surface area contributed by atoms with Crippen molar-refractivity contribution in [3.8, 4) is 22.5 Å². The Morgan fingerprint density at radius 3 is 2.56 bits per heavy atom. The van der Waals surface area contributed by atoms with Gasteiger partial charge in [0.2, 0.25) is 0 Å². The normalized spacial score (nSPS) is 13.6. The Morgan fingerprint density at radius 1 is 1.00 bits per heavy atom. The molecule has 1 aliphatic rings. The van der Waals surface area contributed by atoms with Gasteiger partial charge in [0, 0.05) is 10.9 Å². The van der Waals surface area contributed by atoms with E-state index in [9.17, 15) is 9.90 Å². The molecule has 1 N–H and O–H groups in total. The fraction of sp³-hybridized carbons (Fsp3) is 0.182. The molecule has 27 heavy (non-hydrogen) atoms. The first-order chi connectivity index (χ1) is 13.2. The fourth-order valence-electron chi connectivity index (χ4n) is 3.95. The van der Waals surface area contributed by atoms with Crippen molar-refractivity contribution in [3.05, 3.63) is 70.7 Å². The van der Waals surface area contributed by atoms with Crippen LogP contribution in [0.15, 0.2) is 53.9 Å². The molecule has 5 rings (SSSR count). The third kappa shape index (κ3) is 2.66. The molecule has 0 fully saturated rings. The van der Waals surface area contributed by atoms with Crippen molar-refractivity contribution in [2.45, 2.75) is 25.7 Å². The van der Waals surface area contributed by atoms with Crippen molar-refractivity contribution in [1.29, 1.82) is 0 Å². The summed E-state index contributed by atoms with van der Waals surface area (Å²) in [4.78, 5) is 17.5. The lowest BCUT2D eigenvalue weighted by Crippen LogP contribution is -2.05. The molecule has 2 aromatic heterocycles. The number of carboxylic acid groups (broad SMARTS) is 1. The van der Waals surface area contributed by atoms with Crippen LogP contribution in [0.2, 0.25) is 0 Å². The predicted octanol–water partition coefficient (Wildman–Crippen LogP) is 5.31. The molecule has 4 nitrogen and oxygen atoms in total. The summed E-state index contributed by atoms with van der Waals surface area (Å²) in [6, 6.07) is 16.1. The van der Waals surface area contributed by atoms with Gasteiger partial charge >= 0.3 is 5.97 Å². The van der Waals surface area contributed by atoms with Crippen molar-refractivity contribution >= 4 is 22.3 Å². The van der Waals surface area contributed by atoms with Gasteiger partial charge in [-0.2, -0.15) is 0 Å². The quantitative estimate of drug-likeness (QED) is 0.529. The molecule has 0 spiro atoms. The number of carbonyl (C=O) groups is 1. The number of hydrogen-bond acceptors (Lipinski definition) is 3. The lowest BCUT2D eigenvalue weighted by atomic mass is 9.90. The van der Waals surface area contributed by atoms with Crippen LogP contribution in [0.5, 0.6) is 0 Å². The van der Waals surface area contributed by atoms with Crippen LogP contribution in [0.4, 0.5) is 0 Å². The summed E-state index contributed by atoms with van der Waals surface area (Å²) >= 11 is 1.48. The minimum atomic E-state index is -0.959. The highest BCUT2D eigenvalue weighted by Crippen LogP contribution is 2.34. The summed E-state index contributed by atoms with van der Waals surface area (Å²) < 4.78 is 1.79. The molecular weight excluding hydrogens is 356 g/mol. The number of imidazole rings is 1. The number of hydrogen-bond donors (Lipinski definition) is 1. The monoisotopic (exact) mass is 374 g/mol. The maximum Gasteiger partial charge on any atom is 0.355 e. The van der Waals surface area contributed by atoms with E-state index in [1.165, 1.54) is 35.3 Å². The van der Waals surface area contributed by atoms with E-state index in [-0.39, 0.29) is 5.69 Å². The van der Waals surface area contributed by atoms with E-state index in [1.54, 1.807) is 4.40 Å². The Balaban J connectivity index is 1.73. The number of thiazole rings is 1. The third-order valence-corrected chi connectivity index (χ3v) is 6.08. The molecular formula is C22H18N2O2S. The summed E-state index contributed by atoms with van der Waals surface area (Å²) in [5, 5.41) is 11.9. The van der Waals surface area contributed by atoms with E-state index in [4.69, 9.17) is 0 Å². The second-order valence-corrected chi connectivity index (χ2v) is 7.75. The van der Waals surface area contributed by atoms with E-state index in [2.05, 4.69) is 23.2 Å². The Morgan fingerprint density at radius 2 is 1.78 bits per heavy atom. The molecule has 5 heteroatoms. The van der Waals surface area contributed by atoms with Gasteiger partial charge in [-0.05, 0) is 48.4 Å². The van der Waals surface area contributed by atoms with Crippen LogP contribution >= 0.6 is 11.3 Å². The summed E-state index contributed by atoms with van der Waals surface area (Å²) in [5.41, 5.74) is 6.34. The van der Waals surface area contributed by atoms with Crippen molar-refractivity contribution in [2.75, 3.05) is 0 Å². The average molecular weight is 374 g/mol. The number of aromatic nitrogens is 2. The maximum atomic E-state index is 12.1. The molecule has 2 aromatic carbocycles. The summed E-state index contributed by atoms with van der Waals surface area (Å²) in [6.45, 7) is 0. The molecule has 1 aliphatic carbocycles. The van der Waals surface area contributed by atoms with Crippen LogP contribution in [0, 0.1) is 0 Å². The molecule has 0 amide bonds. The molecule has 0 bridgehead atoms. The second-order valence-electron chi connectivity index (χ2n) is 6.91. The number of carboxylic acids is 1. The average Bonchev–Trinajstić information content (AvgIpc) is 3.27. The number of aryl methyl sites for hydroxylation is 2. The van der Waals surface area contributed by atoms with Crippen LogP contribution in [0.25, 0.3) is 27.5 Å². The van der Waals surface area contributed by atoms with Gasteiger partial charge in [0.1, 0.15) is 5.69 Å². The molecule has 4 aromatic rings. The maximum absolute atomic E-state index is 12.1. The van der Waals surface area contributed by atoms with Gasteiger partial charge in [-0.1, -0.05) is 42.5 Å². The molecule has 0 aliphatic heterocycles. The SMILES string of the molecule is O=C(O)c1c(-c2ccccc2)nc2scc(-c3ccc4c(c3)CCCC4)n12. The molecule has 0 radical (unpaired) electrons. The van der Waals surface area contributed by atoms with Crippen molar-refractivity contribution < 1.29 is 9.90 Å². The van der Waals surface area contributed by atoms with Gasteiger partial charge in [0.15, 0.2) is 10.7 Å². The van der Waals surface area contributed by atoms with E-state index in [0.717, 1.165) is 29.7 Å². The van der Waals surface area contributed by atoms with Crippen molar-refractivity contribution in [2.24, 2.45) is 0 Å². The van der Waals surface area contributed by atoms with E-state index in [1.807, 2.05) is 35.7 Å². The lowest BCUT2D eigenvalue weighted by molar-refractivity contribution is 0.0690. The smallest absolute Gasteiger partial charge is 0.355 e. The van der Waals surface area contributed by atoms with Crippen LogP contribution in [0.1, 0.15) is 34.5 Å². The lowest BCUT2D eigenvalue weighted by Gasteiger charge is -2.16. The standard InChI is InChI=1S/C22H18N2O2S/c25-21(26)20-19(15-7-2-1-3-8-15)23-22-24(20)18(13-27-22)17-11-10-14-6-4-5-9-16(14)12-17/h1-3,7-8,10-13H,4-6,9H2,(H,25,26). The Bertz CT molecular complexity index is 1160. The van der Waals surface area contributed by atoms with Crippen molar-refractivity contribution in [3.63, 3.8) is 0 Å². The largest absolute Gasteiger partial charge is 0.476 e. The second kappa shape index (κ2) is 6.35. The molecule has 0 atom stereocenters. The topological polar surface area (TPSA) is 54.6 Å². The van der Waals surface area contributed by atoms with Gasteiger partial charge < -0.3 is 5.11 Å². The van der Waals surface area contributed by atoms with Crippen LogP contribution < -0.4 is 0 Å². The number of nitrogens with zero attached hydrogens (tertiary/aromatic N) is 2. The fourth-order valence-corrected chi connectivity index (χ4v) is 4.85. The minimum absolute atomic E-state index is 0.227. The van der Waals surface area contributed by atoms with Gasteiger partial charge in [0.05, 0.1) is 5.69 Å². The molecule has 0 saturated heterocycles. The van der Waals surface area contributed by atoms with Crippen molar-refractivity contribution in [1.82, 2.24) is 9.38 Å². The number of aromatic carboxylic acids is 1. The third-order valence-electron chi connectivity index (χ3n) is 5.26. The van der Waals surface area contributed by atoms with E-state index in [0.29, 0.717) is 10.7 Å². The van der Waals surface area contributed by atoms with E-state index >= 15 is 0 Å². The zero-order valence-electron chi connectivity index (χ0n) is 14.7. The zero-order valence-corrected chi connectivity index (χ0v) is 15.5. The number of benzene rings is 2.